The van der Waals surface area contributed by atoms with Crippen LogP contribution in [-0.2, 0) is 0 Å². The summed E-state index contributed by atoms with van der Waals surface area (Å²) in [6, 6.07) is 0. The largest absolute Gasteiger partial charge is 0.617 e. The van der Waals surface area contributed by atoms with Crippen molar-refractivity contribution in [3.05, 3.63) is 28.9 Å². The molecule has 0 aromatic carbocycles. The number of rotatable bonds is 3. The van der Waals surface area contributed by atoms with Crippen LogP contribution in [0.5, 0.6) is 0 Å². The molecule has 0 aliphatic carbocycles. The number of nitrogens with zero attached hydrogens (tertiary/aromatic N) is 1. The van der Waals surface area contributed by atoms with E-state index < -0.39 is 0 Å². The van der Waals surface area contributed by atoms with Crippen molar-refractivity contribution in [1.29, 1.82) is 0 Å². The first-order valence-electron chi connectivity index (χ1n) is 3.14. The Morgan fingerprint density at radius 3 is 3.09 bits per heavy atom. The van der Waals surface area contributed by atoms with Crippen LogP contribution in [0.3, 0.4) is 0 Å². The van der Waals surface area contributed by atoms with Gasteiger partial charge in [-0.05, 0) is 18.7 Å². The molecule has 1 aromatic heterocycles. The van der Waals surface area contributed by atoms with Gasteiger partial charge in [-0.2, -0.15) is 4.73 Å². The lowest BCUT2D eigenvalue weighted by atomic mass is 10.4. The second-order valence-electron chi connectivity index (χ2n) is 2.24. The smallest absolute Gasteiger partial charge is 0.308 e. The molecule has 0 saturated carbocycles. The van der Waals surface area contributed by atoms with Crippen LogP contribution in [0, 0.1) is 5.21 Å². The number of thiazole rings is 1. The molecule has 0 spiro atoms. The van der Waals surface area contributed by atoms with Crippen LogP contribution < -0.4 is 4.73 Å². The van der Waals surface area contributed by atoms with Gasteiger partial charge in [0.2, 0.25) is 0 Å². The summed E-state index contributed by atoms with van der Waals surface area (Å²) in [5.41, 5.74) is 1.09. The molecule has 0 atom stereocenters. The van der Waals surface area contributed by atoms with E-state index in [1.165, 1.54) is 29.3 Å². The number of hydrogen-bond donors (Lipinski definition) is 0. The van der Waals surface area contributed by atoms with Crippen molar-refractivity contribution in [2.75, 3.05) is 5.75 Å². The lowest BCUT2D eigenvalue weighted by Crippen LogP contribution is -2.24. The summed E-state index contributed by atoms with van der Waals surface area (Å²) >= 11 is 3.00. The molecule has 0 amide bonds. The Hall–Kier alpha value is -0.480. The van der Waals surface area contributed by atoms with Crippen molar-refractivity contribution in [3.8, 4) is 0 Å². The SMILES string of the molecule is C=C(C)CSc1scc[n+]1[O-]. The van der Waals surface area contributed by atoms with Crippen LogP contribution in [-0.4, -0.2) is 5.75 Å². The van der Waals surface area contributed by atoms with E-state index in [2.05, 4.69) is 6.58 Å². The van der Waals surface area contributed by atoms with Gasteiger partial charge in [0.1, 0.15) is 0 Å². The van der Waals surface area contributed by atoms with Crippen LogP contribution in [0.4, 0.5) is 0 Å². The zero-order chi connectivity index (χ0) is 8.27. The number of hydrogen-bond acceptors (Lipinski definition) is 3. The first-order valence-corrected chi connectivity index (χ1v) is 5.00. The van der Waals surface area contributed by atoms with Gasteiger partial charge >= 0.3 is 4.34 Å². The molecule has 0 radical (unpaired) electrons. The third-order valence-electron chi connectivity index (χ3n) is 0.987. The molecular formula is C7H9NOS2. The average Bonchev–Trinajstić information content (AvgIpc) is 2.31. The van der Waals surface area contributed by atoms with Gasteiger partial charge in [-0.3, -0.25) is 0 Å². The van der Waals surface area contributed by atoms with Crippen LogP contribution in [0.15, 0.2) is 28.1 Å². The molecular weight excluding hydrogens is 178 g/mol. The highest BCUT2D eigenvalue weighted by Gasteiger charge is 2.05. The first kappa shape index (κ1) is 8.62. The number of thioether (sulfide) groups is 1. The molecule has 11 heavy (non-hydrogen) atoms. The highest BCUT2D eigenvalue weighted by Crippen LogP contribution is 2.19. The van der Waals surface area contributed by atoms with Crippen LogP contribution >= 0.6 is 23.1 Å². The topological polar surface area (TPSA) is 26.9 Å². The van der Waals surface area contributed by atoms with Gasteiger partial charge in [-0.15, -0.1) is 0 Å². The van der Waals surface area contributed by atoms with Crippen LogP contribution in [0.1, 0.15) is 6.92 Å². The molecule has 60 valence electrons. The van der Waals surface area contributed by atoms with Crippen LogP contribution in [0.2, 0.25) is 0 Å². The minimum absolute atomic E-state index is 0.785. The summed E-state index contributed by atoms with van der Waals surface area (Å²) in [6.45, 7) is 5.71. The average molecular weight is 187 g/mol. The third kappa shape index (κ3) is 2.55. The maximum Gasteiger partial charge on any atom is 0.308 e. The second-order valence-corrected chi connectivity index (χ2v) is 4.36. The van der Waals surface area contributed by atoms with E-state index in [-0.39, 0.29) is 0 Å². The van der Waals surface area contributed by atoms with E-state index in [1.807, 2.05) is 6.92 Å². The zero-order valence-electron chi connectivity index (χ0n) is 6.24. The summed E-state index contributed by atoms with van der Waals surface area (Å²) in [7, 11) is 0. The Balaban J connectivity index is 2.51. The van der Waals surface area contributed by atoms with Gasteiger partial charge in [0.15, 0.2) is 6.20 Å². The van der Waals surface area contributed by atoms with Gasteiger partial charge in [-0.1, -0.05) is 23.5 Å². The Bertz CT molecular complexity index is 257. The minimum atomic E-state index is 0.785. The highest BCUT2D eigenvalue weighted by atomic mass is 32.2. The van der Waals surface area contributed by atoms with Crippen molar-refractivity contribution in [2.45, 2.75) is 11.3 Å². The molecule has 0 aliphatic heterocycles. The second kappa shape index (κ2) is 3.78. The molecule has 1 rings (SSSR count). The van der Waals surface area contributed by atoms with E-state index in [1.54, 1.807) is 5.38 Å². The normalized spacial score (nSPS) is 9.91. The van der Waals surface area contributed by atoms with Crippen LogP contribution in [0.25, 0.3) is 0 Å². The molecule has 0 fully saturated rings. The molecule has 4 heteroatoms. The molecule has 0 saturated heterocycles. The van der Waals surface area contributed by atoms with Gasteiger partial charge in [-0.25, -0.2) is 0 Å². The maximum atomic E-state index is 10.9. The van der Waals surface area contributed by atoms with E-state index in [0.29, 0.717) is 0 Å². The predicted octanol–water partition coefficient (Wildman–Crippen LogP) is 2.05. The summed E-state index contributed by atoms with van der Waals surface area (Å²) in [5.74, 6) is 0.822. The van der Waals surface area contributed by atoms with E-state index in [0.717, 1.165) is 20.4 Å². The molecule has 0 bridgehead atoms. The molecule has 2 nitrogen and oxygen atoms in total. The monoisotopic (exact) mass is 187 g/mol. The van der Waals surface area contributed by atoms with Gasteiger partial charge in [0.05, 0.1) is 5.38 Å². The molecule has 0 N–H and O–H groups in total. The molecule has 1 aromatic rings. The Kier molecular flexibility index (Phi) is 2.96. The summed E-state index contributed by atoms with van der Waals surface area (Å²) in [6.07, 6.45) is 1.52. The van der Waals surface area contributed by atoms with Gasteiger partial charge in [0, 0.05) is 5.75 Å². The molecule has 0 unspecified atom stereocenters. The zero-order valence-corrected chi connectivity index (χ0v) is 7.87. The van der Waals surface area contributed by atoms with Crippen molar-refractivity contribution in [3.63, 3.8) is 0 Å². The molecule has 1 heterocycles. The lowest BCUT2D eigenvalue weighted by Gasteiger charge is -1.96. The van der Waals surface area contributed by atoms with E-state index >= 15 is 0 Å². The molecule has 0 aliphatic rings. The third-order valence-corrected chi connectivity index (χ3v) is 3.33. The van der Waals surface area contributed by atoms with E-state index in [4.69, 9.17) is 0 Å². The Morgan fingerprint density at radius 2 is 2.64 bits per heavy atom. The number of aromatic nitrogens is 1. The maximum absolute atomic E-state index is 10.9. The van der Waals surface area contributed by atoms with Crippen molar-refractivity contribution in [2.24, 2.45) is 0 Å². The fraction of sp³-hybridized carbons (Fsp3) is 0.286. The minimum Gasteiger partial charge on any atom is -0.617 e. The Labute approximate surface area is 74.1 Å². The standard InChI is InChI=1S/C7H9NOS2/c1-6(2)5-11-7-8(9)3-4-10-7/h3-4H,1,5H2,2H3. The fourth-order valence-electron chi connectivity index (χ4n) is 0.539. The fourth-order valence-corrected chi connectivity index (χ4v) is 2.17. The summed E-state index contributed by atoms with van der Waals surface area (Å²) in [4.78, 5) is 0. The predicted molar refractivity (Wildman–Crippen MR) is 48.8 cm³/mol. The highest BCUT2D eigenvalue weighted by molar-refractivity contribution is 8.01. The summed E-state index contributed by atoms with van der Waals surface area (Å²) < 4.78 is 1.67. The lowest BCUT2D eigenvalue weighted by molar-refractivity contribution is -0.637. The quantitative estimate of drug-likeness (QED) is 0.313. The summed E-state index contributed by atoms with van der Waals surface area (Å²) in [5, 5.41) is 12.7. The van der Waals surface area contributed by atoms with Crippen molar-refractivity contribution in [1.82, 2.24) is 0 Å². The first-order chi connectivity index (χ1) is 5.20. The van der Waals surface area contributed by atoms with Gasteiger partial charge < -0.3 is 5.21 Å². The van der Waals surface area contributed by atoms with Gasteiger partial charge in [0.25, 0.3) is 0 Å². The van der Waals surface area contributed by atoms with E-state index in [9.17, 15) is 5.21 Å². The Morgan fingerprint density at radius 1 is 1.91 bits per heavy atom. The van der Waals surface area contributed by atoms with Crippen molar-refractivity contribution >= 4 is 23.1 Å². The van der Waals surface area contributed by atoms with Crippen molar-refractivity contribution < 1.29 is 4.73 Å².